The van der Waals surface area contributed by atoms with Gasteiger partial charge >= 0.3 is 0 Å². The van der Waals surface area contributed by atoms with Gasteiger partial charge in [0.1, 0.15) is 5.82 Å². The Morgan fingerprint density at radius 1 is 1.19 bits per heavy atom. The Morgan fingerprint density at radius 3 is 2.38 bits per heavy atom. The normalized spacial score (nSPS) is 10.9. The average molecular weight is 242 g/mol. The Labute approximate surface area is 103 Å². The number of hydrogen-bond donors (Lipinski definition) is 0. The minimum atomic E-state index is 0.528. The fourth-order valence-corrected chi connectivity index (χ4v) is 1.68. The molecule has 1 aromatic heterocycles. The molecule has 0 fully saturated rings. The van der Waals surface area contributed by atoms with Crippen molar-refractivity contribution in [3.8, 4) is 0 Å². The molecule has 1 aromatic rings. The Balaban J connectivity index is 2.69. The zero-order valence-corrected chi connectivity index (χ0v) is 11.3. The molecule has 0 atom stereocenters. The maximum absolute atomic E-state index is 5.81. The molecular weight excluding hydrogens is 222 g/mol. The van der Waals surface area contributed by atoms with Gasteiger partial charge in [-0.3, -0.25) is 0 Å². The van der Waals surface area contributed by atoms with E-state index in [4.69, 9.17) is 11.6 Å². The van der Waals surface area contributed by atoms with Crippen LogP contribution in [0.2, 0.25) is 0 Å². The smallest absolute Gasteiger partial charge is 0.128 e. The van der Waals surface area contributed by atoms with Gasteiger partial charge in [0.25, 0.3) is 0 Å². The maximum atomic E-state index is 5.81. The van der Waals surface area contributed by atoms with Gasteiger partial charge in [-0.2, -0.15) is 0 Å². The van der Waals surface area contributed by atoms with Crippen LogP contribution in [0, 0.1) is 6.92 Å². The molecule has 0 aliphatic rings. The molecule has 0 radical (unpaired) electrons. The summed E-state index contributed by atoms with van der Waals surface area (Å²) in [6, 6.07) is 4.08. The van der Waals surface area contributed by atoms with E-state index in [1.165, 1.54) is 0 Å². The first-order chi connectivity index (χ1) is 7.54. The standard InChI is InChI=1S/C12H20ClN3/c1-10-11(9-13)5-6-12(14-10)16(4)8-7-15(2)3/h5-6H,7-9H2,1-4H3. The van der Waals surface area contributed by atoms with Crippen LogP contribution in [0.3, 0.4) is 0 Å². The highest BCUT2D eigenvalue weighted by molar-refractivity contribution is 6.17. The summed E-state index contributed by atoms with van der Waals surface area (Å²) in [5.74, 6) is 1.54. The zero-order valence-electron chi connectivity index (χ0n) is 10.5. The van der Waals surface area contributed by atoms with Crippen molar-refractivity contribution >= 4 is 17.4 Å². The molecule has 0 bridgehead atoms. The van der Waals surface area contributed by atoms with Crippen molar-refractivity contribution < 1.29 is 0 Å². The van der Waals surface area contributed by atoms with Gasteiger partial charge in [-0.05, 0) is 32.6 Å². The highest BCUT2D eigenvalue weighted by atomic mass is 35.5. The van der Waals surface area contributed by atoms with Crippen LogP contribution < -0.4 is 4.90 Å². The van der Waals surface area contributed by atoms with Gasteiger partial charge in [-0.25, -0.2) is 4.98 Å². The van der Waals surface area contributed by atoms with Gasteiger partial charge in [-0.15, -0.1) is 11.6 Å². The van der Waals surface area contributed by atoms with Gasteiger partial charge < -0.3 is 9.80 Å². The molecule has 0 amide bonds. The van der Waals surface area contributed by atoms with Crippen LogP contribution in [-0.2, 0) is 5.88 Å². The number of pyridine rings is 1. The minimum Gasteiger partial charge on any atom is -0.358 e. The van der Waals surface area contributed by atoms with Gasteiger partial charge in [-0.1, -0.05) is 6.07 Å². The lowest BCUT2D eigenvalue weighted by molar-refractivity contribution is 0.416. The lowest BCUT2D eigenvalue weighted by Gasteiger charge is -2.21. The third kappa shape index (κ3) is 3.65. The van der Waals surface area contributed by atoms with Crippen molar-refractivity contribution in [2.24, 2.45) is 0 Å². The zero-order chi connectivity index (χ0) is 12.1. The Hall–Kier alpha value is -0.800. The molecule has 0 aliphatic carbocycles. The second kappa shape index (κ2) is 6.06. The van der Waals surface area contributed by atoms with Crippen LogP contribution in [0.15, 0.2) is 12.1 Å². The van der Waals surface area contributed by atoms with E-state index in [0.717, 1.165) is 30.2 Å². The van der Waals surface area contributed by atoms with Crippen LogP contribution >= 0.6 is 11.6 Å². The summed E-state index contributed by atoms with van der Waals surface area (Å²) in [6.45, 7) is 4.00. The minimum absolute atomic E-state index is 0.528. The number of aromatic nitrogens is 1. The second-order valence-electron chi connectivity index (χ2n) is 4.27. The second-order valence-corrected chi connectivity index (χ2v) is 4.54. The first-order valence-electron chi connectivity index (χ1n) is 5.43. The predicted octanol–water partition coefficient (Wildman–Crippen LogP) is 2.13. The summed E-state index contributed by atoms with van der Waals surface area (Å²) >= 11 is 5.81. The summed E-state index contributed by atoms with van der Waals surface area (Å²) in [7, 11) is 6.21. The Morgan fingerprint density at radius 2 is 1.88 bits per heavy atom. The quantitative estimate of drug-likeness (QED) is 0.737. The van der Waals surface area contributed by atoms with E-state index >= 15 is 0 Å². The van der Waals surface area contributed by atoms with E-state index in [1.807, 2.05) is 13.0 Å². The molecule has 0 unspecified atom stereocenters. The maximum Gasteiger partial charge on any atom is 0.128 e. The van der Waals surface area contributed by atoms with Crippen LogP contribution in [0.4, 0.5) is 5.82 Å². The van der Waals surface area contributed by atoms with Gasteiger partial charge in [0.05, 0.1) is 0 Å². The number of rotatable bonds is 5. The SMILES string of the molecule is Cc1nc(N(C)CCN(C)C)ccc1CCl. The molecule has 0 aliphatic heterocycles. The first-order valence-corrected chi connectivity index (χ1v) is 5.96. The van der Waals surface area contributed by atoms with E-state index < -0.39 is 0 Å². The van der Waals surface area contributed by atoms with Crippen molar-refractivity contribution in [3.63, 3.8) is 0 Å². The lowest BCUT2D eigenvalue weighted by atomic mass is 10.2. The fourth-order valence-electron chi connectivity index (χ4n) is 1.40. The van der Waals surface area contributed by atoms with E-state index in [1.54, 1.807) is 0 Å². The number of alkyl halides is 1. The van der Waals surface area contributed by atoms with Crippen molar-refractivity contribution in [3.05, 3.63) is 23.4 Å². The molecule has 0 aromatic carbocycles. The molecule has 0 saturated carbocycles. The molecule has 0 spiro atoms. The third-order valence-electron chi connectivity index (χ3n) is 2.60. The summed E-state index contributed by atoms with van der Waals surface area (Å²) in [5, 5.41) is 0. The molecule has 16 heavy (non-hydrogen) atoms. The van der Waals surface area contributed by atoms with Gasteiger partial charge in [0, 0.05) is 31.7 Å². The predicted molar refractivity (Wildman–Crippen MR) is 70.4 cm³/mol. The van der Waals surface area contributed by atoms with Crippen molar-refractivity contribution in [2.45, 2.75) is 12.8 Å². The van der Waals surface area contributed by atoms with E-state index in [0.29, 0.717) is 5.88 Å². The topological polar surface area (TPSA) is 19.4 Å². The number of likely N-dealkylation sites (N-methyl/N-ethyl adjacent to an activating group) is 2. The first kappa shape index (κ1) is 13.3. The van der Waals surface area contributed by atoms with Crippen molar-refractivity contribution in [1.82, 2.24) is 9.88 Å². The largest absolute Gasteiger partial charge is 0.358 e. The van der Waals surface area contributed by atoms with Crippen molar-refractivity contribution in [2.75, 3.05) is 39.1 Å². The van der Waals surface area contributed by atoms with Gasteiger partial charge in [0.15, 0.2) is 0 Å². The summed E-state index contributed by atoms with van der Waals surface area (Å²) in [6.07, 6.45) is 0. The van der Waals surface area contributed by atoms with E-state index in [9.17, 15) is 0 Å². The summed E-state index contributed by atoms with van der Waals surface area (Å²) in [4.78, 5) is 8.87. The third-order valence-corrected chi connectivity index (χ3v) is 2.89. The van der Waals surface area contributed by atoms with Crippen LogP contribution in [0.25, 0.3) is 0 Å². The van der Waals surface area contributed by atoms with Crippen LogP contribution in [0.5, 0.6) is 0 Å². The molecule has 4 heteroatoms. The fraction of sp³-hybridized carbons (Fsp3) is 0.583. The summed E-state index contributed by atoms with van der Waals surface area (Å²) < 4.78 is 0. The molecular formula is C12H20ClN3. The molecule has 1 heterocycles. The highest BCUT2D eigenvalue weighted by Crippen LogP contribution is 2.14. The molecule has 90 valence electrons. The monoisotopic (exact) mass is 241 g/mol. The molecule has 0 N–H and O–H groups in total. The van der Waals surface area contributed by atoms with Crippen LogP contribution in [-0.4, -0.2) is 44.1 Å². The number of halogens is 1. The van der Waals surface area contributed by atoms with E-state index in [-0.39, 0.29) is 0 Å². The highest BCUT2D eigenvalue weighted by Gasteiger charge is 2.05. The number of aryl methyl sites for hydroxylation is 1. The molecule has 3 nitrogen and oxygen atoms in total. The molecule has 0 saturated heterocycles. The summed E-state index contributed by atoms with van der Waals surface area (Å²) in [5.41, 5.74) is 2.12. The lowest BCUT2D eigenvalue weighted by Crippen LogP contribution is -2.29. The van der Waals surface area contributed by atoms with Crippen molar-refractivity contribution in [1.29, 1.82) is 0 Å². The number of hydrogen-bond acceptors (Lipinski definition) is 3. The number of anilines is 1. The Kier molecular flexibility index (Phi) is 5.03. The molecule has 1 rings (SSSR count). The Bertz CT molecular complexity index is 339. The van der Waals surface area contributed by atoms with Gasteiger partial charge in [0.2, 0.25) is 0 Å². The average Bonchev–Trinajstić information content (AvgIpc) is 2.25. The number of nitrogens with zero attached hydrogens (tertiary/aromatic N) is 3. The van der Waals surface area contributed by atoms with E-state index in [2.05, 4.69) is 42.0 Å². The van der Waals surface area contributed by atoms with Crippen LogP contribution in [0.1, 0.15) is 11.3 Å².